The van der Waals surface area contributed by atoms with E-state index in [2.05, 4.69) is 15.4 Å². The first-order chi connectivity index (χ1) is 5.79. The number of H-pyrrole nitrogens is 1. The molecule has 60 valence electrons. The van der Waals surface area contributed by atoms with Crippen LogP contribution in [0.4, 0.5) is 0 Å². The third-order valence-electron chi connectivity index (χ3n) is 1.57. The molecule has 0 atom stereocenters. The van der Waals surface area contributed by atoms with Crippen molar-refractivity contribution in [3.05, 3.63) is 23.8 Å². The molecule has 2 rings (SSSR count). The molecule has 2 aromatic rings. The molecule has 0 radical (unpaired) electrons. The zero-order chi connectivity index (χ0) is 8.55. The largest absolute Gasteiger partial charge is 1.00 e. The van der Waals surface area contributed by atoms with Crippen LogP contribution in [0.25, 0.3) is 11.0 Å². The summed E-state index contributed by atoms with van der Waals surface area (Å²) in [4.78, 5) is 10.5. The van der Waals surface area contributed by atoms with Crippen LogP contribution in [-0.4, -0.2) is 21.4 Å². The summed E-state index contributed by atoms with van der Waals surface area (Å²) in [6.45, 7) is 0. The van der Waals surface area contributed by atoms with E-state index in [1.807, 2.05) is 0 Å². The number of carboxylic acid groups (broad SMARTS) is 1. The molecule has 5 nitrogen and oxygen atoms in total. The van der Waals surface area contributed by atoms with E-state index >= 15 is 0 Å². The summed E-state index contributed by atoms with van der Waals surface area (Å²) >= 11 is 0. The van der Waals surface area contributed by atoms with Gasteiger partial charge in [-0.15, -0.1) is 0 Å². The van der Waals surface area contributed by atoms with Gasteiger partial charge in [0.2, 0.25) is 0 Å². The molecule has 1 aromatic carbocycles. The first-order valence-electron chi connectivity index (χ1n) is 3.30. The Hall–Kier alpha value is -0.274. The van der Waals surface area contributed by atoms with E-state index in [-0.39, 0.29) is 56.9 Å². The van der Waals surface area contributed by atoms with Crippen LogP contribution >= 0.6 is 0 Å². The Kier molecular flexibility index (Phi) is 3.57. The maximum atomic E-state index is 10.5. The van der Waals surface area contributed by atoms with Crippen LogP contribution in [0.2, 0.25) is 0 Å². The first kappa shape index (κ1) is 10.8. The quantitative estimate of drug-likeness (QED) is 0.482. The predicted molar refractivity (Wildman–Crippen MR) is 38.2 cm³/mol. The molecule has 0 saturated carbocycles. The first-order valence-corrected chi connectivity index (χ1v) is 3.30. The maximum Gasteiger partial charge on any atom is 1.00 e. The van der Waals surface area contributed by atoms with Gasteiger partial charge in [0.1, 0.15) is 11.0 Å². The summed E-state index contributed by atoms with van der Waals surface area (Å²) in [7, 11) is 0. The Balaban J connectivity index is 0.000000845. The maximum absolute atomic E-state index is 10.5. The SMILES string of the molecule is O=C([O-])c1cccc2n[nH]nc12.[K+]. The molecule has 1 N–H and O–H groups in total. The number of nitrogens with zero attached hydrogens (tertiary/aromatic N) is 2. The number of nitrogens with one attached hydrogen (secondary N) is 1. The van der Waals surface area contributed by atoms with Gasteiger partial charge in [0, 0.05) is 5.56 Å². The van der Waals surface area contributed by atoms with Crippen molar-refractivity contribution in [3.63, 3.8) is 0 Å². The number of carboxylic acids is 1. The molecule has 0 spiro atoms. The van der Waals surface area contributed by atoms with E-state index < -0.39 is 5.97 Å². The van der Waals surface area contributed by atoms with Crippen LogP contribution in [0, 0.1) is 0 Å². The van der Waals surface area contributed by atoms with E-state index in [0.717, 1.165) is 0 Å². The summed E-state index contributed by atoms with van der Waals surface area (Å²) in [5.41, 5.74) is 0.912. The van der Waals surface area contributed by atoms with E-state index in [9.17, 15) is 9.90 Å². The molecule has 0 amide bonds. The third kappa shape index (κ3) is 1.97. The number of hydrogen-bond donors (Lipinski definition) is 1. The number of carbonyl (C=O) groups is 1. The van der Waals surface area contributed by atoms with Crippen LogP contribution in [-0.2, 0) is 0 Å². The zero-order valence-corrected chi connectivity index (χ0v) is 10.1. The van der Waals surface area contributed by atoms with E-state index in [1.54, 1.807) is 12.1 Å². The number of aromatic carboxylic acids is 1. The number of benzene rings is 1. The second-order valence-corrected chi connectivity index (χ2v) is 2.28. The fourth-order valence-electron chi connectivity index (χ4n) is 1.03. The molecule has 0 unspecified atom stereocenters. The third-order valence-corrected chi connectivity index (χ3v) is 1.57. The van der Waals surface area contributed by atoms with Gasteiger partial charge in [0.25, 0.3) is 0 Å². The van der Waals surface area contributed by atoms with Gasteiger partial charge in [-0.2, -0.15) is 15.4 Å². The fraction of sp³-hybridized carbons (Fsp3) is 0. The number of para-hydroxylation sites is 1. The van der Waals surface area contributed by atoms with E-state index in [1.165, 1.54) is 6.07 Å². The van der Waals surface area contributed by atoms with Gasteiger partial charge < -0.3 is 9.90 Å². The number of hydrogen-bond acceptors (Lipinski definition) is 4. The molecule has 0 bridgehead atoms. The second-order valence-electron chi connectivity index (χ2n) is 2.28. The van der Waals surface area contributed by atoms with Crippen molar-refractivity contribution in [2.45, 2.75) is 0 Å². The molecule has 0 aliphatic rings. The fourth-order valence-corrected chi connectivity index (χ4v) is 1.03. The number of carbonyl (C=O) groups excluding carboxylic acids is 1. The topological polar surface area (TPSA) is 81.7 Å². The summed E-state index contributed by atoms with van der Waals surface area (Å²) < 4.78 is 0. The van der Waals surface area contributed by atoms with Gasteiger partial charge >= 0.3 is 51.4 Å². The van der Waals surface area contributed by atoms with Crippen molar-refractivity contribution in [2.75, 3.05) is 0 Å². The Morgan fingerprint density at radius 2 is 2.15 bits per heavy atom. The van der Waals surface area contributed by atoms with Crippen LogP contribution in [0.3, 0.4) is 0 Å². The predicted octanol–water partition coefficient (Wildman–Crippen LogP) is -3.67. The zero-order valence-electron chi connectivity index (χ0n) is 6.94. The minimum Gasteiger partial charge on any atom is -0.545 e. The average Bonchev–Trinajstić information content (AvgIpc) is 2.49. The standard InChI is InChI=1S/C7H5N3O2.K/c11-7(12)4-2-1-3-5-6(4)9-10-8-5;/h1-3H,(H,11,12)(H,8,9,10);/q;+1/p-1. The van der Waals surface area contributed by atoms with Gasteiger partial charge in [-0.1, -0.05) is 12.1 Å². The summed E-state index contributed by atoms with van der Waals surface area (Å²) in [6, 6.07) is 4.70. The van der Waals surface area contributed by atoms with Crippen molar-refractivity contribution in [1.82, 2.24) is 15.4 Å². The molecule has 0 aliphatic carbocycles. The molecule has 6 heteroatoms. The molecular formula is C7H4KN3O2. The molecule has 0 fully saturated rings. The number of aromatic amines is 1. The van der Waals surface area contributed by atoms with E-state index in [4.69, 9.17) is 0 Å². The summed E-state index contributed by atoms with van der Waals surface area (Å²) in [5.74, 6) is -1.24. The molecular weight excluding hydrogens is 197 g/mol. The van der Waals surface area contributed by atoms with Crippen molar-refractivity contribution >= 4 is 17.0 Å². The van der Waals surface area contributed by atoms with Crippen molar-refractivity contribution in [1.29, 1.82) is 0 Å². The van der Waals surface area contributed by atoms with Gasteiger partial charge in [-0.25, -0.2) is 0 Å². The van der Waals surface area contributed by atoms with Gasteiger partial charge in [0.05, 0.1) is 5.97 Å². The van der Waals surface area contributed by atoms with Gasteiger partial charge in [0.15, 0.2) is 0 Å². The van der Waals surface area contributed by atoms with Crippen molar-refractivity contribution < 1.29 is 61.3 Å². The second kappa shape index (κ2) is 4.29. The normalized spacial score (nSPS) is 9.54. The average molecular weight is 201 g/mol. The van der Waals surface area contributed by atoms with Crippen LogP contribution in [0.1, 0.15) is 10.4 Å². The van der Waals surface area contributed by atoms with Crippen LogP contribution in [0.5, 0.6) is 0 Å². The minimum atomic E-state index is -1.24. The van der Waals surface area contributed by atoms with Gasteiger partial charge in [-0.05, 0) is 6.07 Å². The van der Waals surface area contributed by atoms with E-state index in [0.29, 0.717) is 11.0 Å². The van der Waals surface area contributed by atoms with Crippen molar-refractivity contribution in [3.8, 4) is 0 Å². The molecule has 13 heavy (non-hydrogen) atoms. The Bertz CT molecular complexity index is 440. The monoisotopic (exact) mass is 201 g/mol. The minimum absolute atomic E-state index is 0. The summed E-state index contributed by atoms with van der Waals surface area (Å²) in [5, 5.41) is 20.3. The Labute approximate surface area is 116 Å². The molecule has 0 saturated heterocycles. The Morgan fingerprint density at radius 1 is 1.38 bits per heavy atom. The van der Waals surface area contributed by atoms with Gasteiger partial charge in [-0.3, -0.25) is 0 Å². The molecule has 1 aromatic heterocycles. The number of aromatic nitrogens is 3. The molecule has 1 heterocycles. The summed E-state index contributed by atoms with van der Waals surface area (Å²) in [6.07, 6.45) is 0. The molecule has 0 aliphatic heterocycles. The number of rotatable bonds is 1. The smallest absolute Gasteiger partial charge is 0.545 e. The Morgan fingerprint density at radius 3 is 2.85 bits per heavy atom. The van der Waals surface area contributed by atoms with Crippen LogP contribution < -0.4 is 56.5 Å². The van der Waals surface area contributed by atoms with Crippen LogP contribution in [0.15, 0.2) is 18.2 Å². The number of fused-ring (bicyclic) bond motifs is 1. The van der Waals surface area contributed by atoms with Crippen molar-refractivity contribution in [2.24, 2.45) is 0 Å².